The standard InChI is InChI=1S/C15H19ClN2O/c1-3-18(8-9-19-2)15-10-12(11-16)13-6-4-5-7-14(13)17-15/h4-7,10H,3,8-9,11H2,1-2H3. The molecular formula is C15H19ClN2O. The summed E-state index contributed by atoms with van der Waals surface area (Å²) in [4.78, 5) is 6.92. The second kappa shape index (κ2) is 6.73. The van der Waals surface area contributed by atoms with Gasteiger partial charge in [-0.25, -0.2) is 4.98 Å². The van der Waals surface area contributed by atoms with E-state index in [0.29, 0.717) is 12.5 Å². The van der Waals surface area contributed by atoms with Crippen molar-refractivity contribution < 1.29 is 4.74 Å². The summed E-state index contributed by atoms with van der Waals surface area (Å²) in [6.07, 6.45) is 0. The van der Waals surface area contributed by atoms with E-state index in [1.807, 2.05) is 18.2 Å². The Morgan fingerprint density at radius 2 is 2.11 bits per heavy atom. The van der Waals surface area contributed by atoms with Gasteiger partial charge in [0.2, 0.25) is 0 Å². The third-order valence-electron chi connectivity index (χ3n) is 3.20. The van der Waals surface area contributed by atoms with Crippen molar-refractivity contribution in [3.63, 3.8) is 0 Å². The molecule has 1 aromatic heterocycles. The lowest BCUT2D eigenvalue weighted by atomic mass is 10.1. The lowest BCUT2D eigenvalue weighted by molar-refractivity contribution is 0.205. The quantitative estimate of drug-likeness (QED) is 0.757. The van der Waals surface area contributed by atoms with Crippen molar-refractivity contribution in [1.29, 1.82) is 0 Å². The van der Waals surface area contributed by atoms with E-state index >= 15 is 0 Å². The second-order valence-electron chi connectivity index (χ2n) is 4.36. The van der Waals surface area contributed by atoms with E-state index in [4.69, 9.17) is 21.3 Å². The summed E-state index contributed by atoms with van der Waals surface area (Å²) in [5, 5.41) is 1.13. The van der Waals surface area contributed by atoms with Gasteiger partial charge in [-0.3, -0.25) is 0 Å². The van der Waals surface area contributed by atoms with Crippen molar-refractivity contribution in [2.75, 3.05) is 31.7 Å². The van der Waals surface area contributed by atoms with Gasteiger partial charge in [0.15, 0.2) is 0 Å². The molecule has 0 spiro atoms. The molecule has 3 nitrogen and oxygen atoms in total. The Labute approximate surface area is 119 Å². The maximum atomic E-state index is 6.06. The van der Waals surface area contributed by atoms with E-state index in [2.05, 4.69) is 24.0 Å². The fourth-order valence-electron chi connectivity index (χ4n) is 2.14. The number of aromatic nitrogens is 1. The number of alkyl halides is 1. The molecule has 102 valence electrons. The topological polar surface area (TPSA) is 25.4 Å². The summed E-state index contributed by atoms with van der Waals surface area (Å²) < 4.78 is 5.14. The molecule has 0 aliphatic rings. The van der Waals surface area contributed by atoms with E-state index in [-0.39, 0.29) is 0 Å². The predicted molar refractivity (Wildman–Crippen MR) is 81.1 cm³/mol. The number of fused-ring (bicyclic) bond motifs is 1. The number of nitrogens with zero attached hydrogens (tertiary/aromatic N) is 2. The van der Waals surface area contributed by atoms with Crippen LogP contribution < -0.4 is 4.90 Å². The van der Waals surface area contributed by atoms with Crippen molar-refractivity contribution in [3.8, 4) is 0 Å². The Kier molecular flexibility index (Phi) is 5.00. The monoisotopic (exact) mass is 278 g/mol. The van der Waals surface area contributed by atoms with Gasteiger partial charge >= 0.3 is 0 Å². The van der Waals surface area contributed by atoms with Crippen LogP contribution in [0.25, 0.3) is 10.9 Å². The summed E-state index contributed by atoms with van der Waals surface area (Å²) in [5.41, 5.74) is 2.12. The molecule has 0 aliphatic carbocycles. The molecule has 4 heteroatoms. The molecule has 19 heavy (non-hydrogen) atoms. The van der Waals surface area contributed by atoms with Crippen LogP contribution in [0.1, 0.15) is 12.5 Å². The summed E-state index contributed by atoms with van der Waals surface area (Å²) in [6, 6.07) is 10.2. The zero-order chi connectivity index (χ0) is 13.7. The first-order chi connectivity index (χ1) is 9.30. The Balaban J connectivity index is 2.42. The fraction of sp³-hybridized carbons (Fsp3) is 0.400. The molecule has 0 radical (unpaired) electrons. The van der Waals surface area contributed by atoms with Gasteiger partial charge in [-0.15, -0.1) is 11.6 Å². The molecule has 0 N–H and O–H groups in total. The second-order valence-corrected chi connectivity index (χ2v) is 4.63. The average Bonchev–Trinajstić information content (AvgIpc) is 2.47. The molecule has 0 aliphatic heterocycles. The van der Waals surface area contributed by atoms with Crippen molar-refractivity contribution >= 4 is 28.3 Å². The van der Waals surface area contributed by atoms with E-state index in [1.54, 1.807) is 7.11 Å². The van der Waals surface area contributed by atoms with Gasteiger partial charge in [-0.1, -0.05) is 18.2 Å². The molecule has 0 amide bonds. The summed E-state index contributed by atoms with van der Waals surface area (Å²) in [6.45, 7) is 4.54. The molecule has 2 aromatic rings. The highest BCUT2D eigenvalue weighted by Crippen LogP contribution is 2.24. The lowest BCUT2D eigenvalue weighted by Gasteiger charge is -2.22. The maximum absolute atomic E-state index is 6.06. The zero-order valence-electron chi connectivity index (χ0n) is 11.4. The van der Waals surface area contributed by atoms with E-state index in [1.165, 1.54) is 0 Å². The van der Waals surface area contributed by atoms with Crippen LogP contribution >= 0.6 is 11.6 Å². The zero-order valence-corrected chi connectivity index (χ0v) is 12.2. The highest BCUT2D eigenvalue weighted by molar-refractivity contribution is 6.18. The Morgan fingerprint density at radius 1 is 1.32 bits per heavy atom. The number of hydrogen-bond donors (Lipinski definition) is 0. The van der Waals surface area contributed by atoms with Gasteiger partial charge in [-0.2, -0.15) is 0 Å². The third kappa shape index (κ3) is 3.17. The molecule has 2 rings (SSSR count). The highest BCUT2D eigenvalue weighted by atomic mass is 35.5. The Hall–Kier alpha value is -1.32. The maximum Gasteiger partial charge on any atom is 0.129 e. The van der Waals surface area contributed by atoms with Crippen LogP contribution in [0.3, 0.4) is 0 Å². The lowest BCUT2D eigenvalue weighted by Crippen LogP contribution is -2.27. The normalized spacial score (nSPS) is 10.9. The van der Waals surface area contributed by atoms with Crippen LogP contribution in [-0.2, 0) is 10.6 Å². The average molecular weight is 279 g/mol. The first-order valence-electron chi connectivity index (χ1n) is 6.48. The van der Waals surface area contributed by atoms with E-state index in [9.17, 15) is 0 Å². The van der Waals surface area contributed by atoms with E-state index in [0.717, 1.165) is 35.4 Å². The molecule has 0 unspecified atom stereocenters. The number of rotatable bonds is 6. The molecule has 0 fully saturated rings. The van der Waals surface area contributed by atoms with Crippen molar-refractivity contribution in [1.82, 2.24) is 4.98 Å². The Morgan fingerprint density at radius 3 is 2.79 bits per heavy atom. The molecule has 1 heterocycles. The minimum Gasteiger partial charge on any atom is -0.383 e. The number of para-hydroxylation sites is 1. The third-order valence-corrected chi connectivity index (χ3v) is 3.49. The number of halogens is 1. The molecule has 1 aromatic carbocycles. The van der Waals surface area contributed by atoms with Crippen LogP contribution in [0.15, 0.2) is 30.3 Å². The fourth-order valence-corrected chi connectivity index (χ4v) is 2.36. The molecular weight excluding hydrogens is 260 g/mol. The first kappa shape index (κ1) is 14.1. The number of pyridine rings is 1. The highest BCUT2D eigenvalue weighted by Gasteiger charge is 2.10. The number of benzene rings is 1. The summed E-state index contributed by atoms with van der Waals surface area (Å²) in [5.74, 6) is 1.46. The van der Waals surface area contributed by atoms with Gasteiger partial charge < -0.3 is 9.64 Å². The SMILES string of the molecule is CCN(CCOC)c1cc(CCl)c2ccccc2n1. The largest absolute Gasteiger partial charge is 0.383 e. The van der Waals surface area contributed by atoms with Gasteiger partial charge in [0.1, 0.15) is 5.82 Å². The minimum atomic E-state index is 0.498. The van der Waals surface area contributed by atoms with Crippen molar-refractivity contribution in [2.24, 2.45) is 0 Å². The molecule has 0 saturated carbocycles. The van der Waals surface area contributed by atoms with E-state index < -0.39 is 0 Å². The number of methoxy groups -OCH3 is 1. The van der Waals surface area contributed by atoms with Crippen LogP contribution in [0.2, 0.25) is 0 Å². The predicted octanol–water partition coefficient (Wildman–Crippen LogP) is 3.45. The number of anilines is 1. The molecule has 0 bridgehead atoms. The van der Waals surface area contributed by atoms with Gasteiger partial charge in [-0.05, 0) is 24.6 Å². The van der Waals surface area contributed by atoms with Crippen molar-refractivity contribution in [2.45, 2.75) is 12.8 Å². The number of ether oxygens (including phenoxy) is 1. The minimum absolute atomic E-state index is 0.498. The summed E-state index contributed by atoms with van der Waals surface area (Å²) in [7, 11) is 1.71. The first-order valence-corrected chi connectivity index (χ1v) is 7.02. The molecule has 0 atom stereocenters. The van der Waals surface area contributed by atoms with Gasteiger partial charge in [0.25, 0.3) is 0 Å². The van der Waals surface area contributed by atoms with Crippen LogP contribution in [0.4, 0.5) is 5.82 Å². The van der Waals surface area contributed by atoms with Crippen LogP contribution in [0, 0.1) is 0 Å². The summed E-state index contributed by atoms with van der Waals surface area (Å²) >= 11 is 6.06. The van der Waals surface area contributed by atoms with Gasteiger partial charge in [0, 0.05) is 31.5 Å². The van der Waals surface area contributed by atoms with Crippen molar-refractivity contribution in [3.05, 3.63) is 35.9 Å². The smallest absolute Gasteiger partial charge is 0.129 e. The Bertz CT molecular complexity index is 545. The number of hydrogen-bond acceptors (Lipinski definition) is 3. The number of likely N-dealkylation sites (N-methyl/N-ethyl adjacent to an activating group) is 1. The van der Waals surface area contributed by atoms with Crippen LogP contribution in [0.5, 0.6) is 0 Å². The van der Waals surface area contributed by atoms with Gasteiger partial charge in [0.05, 0.1) is 12.1 Å². The molecule has 0 saturated heterocycles. The van der Waals surface area contributed by atoms with Crippen LogP contribution in [-0.4, -0.2) is 31.8 Å².